The molecular weight excluding hydrogens is 156 g/mol. The van der Waals surface area contributed by atoms with Crippen LogP contribution in [0, 0.1) is 0 Å². The van der Waals surface area contributed by atoms with Gasteiger partial charge >= 0.3 is 0 Å². The molecule has 11 heavy (non-hydrogen) atoms. The molecule has 0 aromatic rings. The van der Waals surface area contributed by atoms with Crippen molar-refractivity contribution in [1.82, 2.24) is 5.32 Å². The largest absolute Gasteiger partial charge is 0.423 e. The van der Waals surface area contributed by atoms with Gasteiger partial charge in [-0.1, -0.05) is 0 Å². The molecule has 0 aliphatic carbocycles. The summed E-state index contributed by atoms with van der Waals surface area (Å²) in [6.45, 7) is 4.97. The lowest BCUT2D eigenvalue weighted by Crippen LogP contribution is -2.24. The second kappa shape index (κ2) is 8.20. The minimum atomic E-state index is -0.804. The van der Waals surface area contributed by atoms with Crippen molar-refractivity contribution in [1.29, 1.82) is 0 Å². The van der Waals surface area contributed by atoms with E-state index < -0.39 is 9.04 Å². The first kappa shape index (κ1) is 11.1. The maximum atomic E-state index is 5.32. The summed E-state index contributed by atoms with van der Waals surface area (Å²) < 4.78 is 5.24. The van der Waals surface area contributed by atoms with E-state index in [1.165, 1.54) is 12.5 Å². The van der Waals surface area contributed by atoms with Crippen molar-refractivity contribution >= 4 is 9.04 Å². The van der Waals surface area contributed by atoms with Gasteiger partial charge in [0.15, 0.2) is 9.04 Å². The van der Waals surface area contributed by atoms with E-state index in [2.05, 4.69) is 11.9 Å². The highest BCUT2D eigenvalue weighted by Gasteiger charge is 1.99. The molecule has 1 unspecified atom stereocenters. The number of nitrogens with two attached hydrogens (primary N) is 1. The third-order valence-corrected chi connectivity index (χ3v) is 3.71. The van der Waals surface area contributed by atoms with Crippen molar-refractivity contribution in [2.45, 2.75) is 19.0 Å². The van der Waals surface area contributed by atoms with Crippen molar-refractivity contribution in [3.05, 3.63) is 0 Å². The van der Waals surface area contributed by atoms with Gasteiger partial charge in [0, 0.05) is 20.2 Å². The summed E-state index contributed by atoms with van der Waals surface area (Å²) in [4.78, 5) is 0. The van der Waals surface area contributed by atoms with Crippen LogP contribution in [0.25, 0.3) is 0 Å². The second-order valence-electron chi connectivity index (χ2n) is 2.73. The Labute approximate surface area is 71.0 Å². The second-order valence-corrected chi connectivity index (χ2v) is 5.40. The number of rotatable bonds is 7. The topological polar surface area (TPSA) is 47.3 Å². The third kappa shape index (κ3) is 8.00. The lowest BCUT2D eigenvalue weighted by molar-refractivity contribution is 0.421. The van der Waals surface area contributed by atoms with Crippen LogP contribution in [0.3, 0.4) is 0 Å². The quantitative estimate of drug-likeness (QED) is 0.421. The van der Waals surface area contributed by atoms with Gasteiger partial charge in [0.2, 0.25) is 0 Å². The average Bonchev–Trinajstić information content (AvgIpc) is 2.04. The molecule has 68 valence electrons. The fourth-order valence-electron chi connectivity index (χ4n) is 0.859. The molecule has 1 atom stereocenters. The number of nitrogens with one attached hydrogen (secondary N) is 1. The summed E-state index contributed by atoms with van der Waals surface area (Å²) in [6.07, 6.45) is 1.22. The molecule has 3 nitrogen and oxygen atoms in total. The Bertz CT molecular complexity index is 82.8. The van der Waals surface area contributed by atoms with E-state index in [4.69, 9.17) is 10.2 Å². The highest BCUT2D eigenvalue weighted by atomic mass is 28.3. The van der Waals surface area contributed by atoms with Crippen LogP contribution in [0.4, 0.5) is 0 Å². The minimum Gasteiger partial charge on any atom is -0.423 e. The zero-order chi connectivity index (χ0) is 8.53. The summed E-state index contributed by atoms with van der Waals surface area (Å²) >= 11 is 0. The van der Waals surface area contributed by atoms with Crippen molar-refractivity contribution in [3.8, 4) is 0 Å². The van der Waals surface area contributed by atoms with E-state index >= 15 is 0 Å². The Hall–Kier alpha value is 0.0969. The number of hydrogen-bond acceptors (Lipinski definition) is 3. The predicted molar refractivity (Wildman–Crippen MR) is 51.4 cm³/mol. The molecule has 3 N–H and O–H groups in total. The average molecular weight is 176 g/mol. The Morgan fingerprint density at radius 2 is 2.18 bits per heavy atom. The first-order chi connectivity index (χ1) is 5.31. The summed E-state index contributed by atoms with van der Waals surface area (Å²) in [5, 5.41) is 3.26. The van der Waals surface area contributed by atoms with E-state index in [1.807, 2.05) is 7.11 Å². The monoisotopic (exact) mass is 176 g/mol. The SMILES string of the molecule is CO[SiH](C)CCCNCCN. The van der Waals surface area contributed by atoms with Gasteiger partial charge in [-0.2, -0.15) is 0 Å². The molecule has 0 saturated heterocycles. The van der Waals surface area contributed by atoms with Crippen LogP contribution in [0.5, 0.6) is 0 Å². The van der Waals surface area contributed by atoms with Gasteiger partial charge < -0.3 is 15.5 Å². The molecular formula is C7H20N2OSi. The molecule has 0 aliphatic rings. The molecule has 0 heterocycles. The van der Waals surface area contributed by atoms with Gasteiger partial charge in [-0.25, -0.2) is 0 Å². The molecule has 0 fully saturated rings. The number of hydrogen-bond donors (Lipinski definition) is 2. The van der Waals surface area contributed by atoms with Crippen molar-refractivity contribution in [2.75, 3.05) is 26.7 Å². The third-order valence-electron chi connectivity index (χ3n) is 1.69. The summed E-state index contributed by atoms with van der Waals surface area (Å²) in [6, 6.07) is 1.26. The molecule has 0 aromatic carbocycles. The normalized spacial score (nSPS) is 13.4. The molecule has 0 saturated carbocycles. The van der Waals surface area contributed by atoms with Crippen LogP contribution < -0.4 is 11.1 Å². The van der Waals surface area contributed by atoms with Gasteiger partial charge in [-0.05, 0) is 25.6 Å². The molecule has 0 aliphatic heterocycles. The Morgan fingerprint density at radius 3 is 2.73 bits per heavy atom. The molecule has 0 amide bonds. The fraction of sp³-hybridized carbons (Fsp3) is 1.00. The smallest absolute Gasteiger partial charge is 0.173 e. The zero-order valence-electron chi connectivity index (χ0n) is 7.60. The van der Waals surface area contributed by atoms with Crippen LogP contribution in [0.15, 0.2) is 0 Å². The molecule has 0 spiro atoms. The Balaban J connectivity index is 2.89. The molecule has 0 bridgehead atoms. The fourth-order valence-corrected chi connectivity index (χ4v) is 1.87. The van der Waals surface area contributed by atoms with Gasteiger partial charge in [0.05, 0.1) is 0 Å². The van der Waals surface area contributed by atoms with E-state index in [-0.39, 0.29) is 0 Å². The first-order valence-corrected chi connectivity index (χ1v) is 6.69. The highest BCUT2D eigenvalue weighted by Crippen LogP contribution is 1.95. The van der Waals surface area contributed by atoms with E-state index in [9.17, 15) is 0 Å². The van der Waals surface area contributed by atoms with Gasteiger partial charge in [-0.3, -0.25) is 0 Å². The lowest BCUT2D eigenvalue weighted by Gasteiger charge is -2.06. The van der Waals surface area contributed by atoms with Crippen LogP contribution in [0.2, 0.25) is 12.6 Å². The Morgan fingerprint density at radius 1 is 1.45 bits per heavy atom. The van der Waals surface area contributed by atoms with E-state index in [1.54, 1.807) is 0 Å². The standard InChI is InChI=1S/C7H20N2OSi/c1-10-11(2)7-3-5-9-6-4-8/h9,11H,3-8H2,1-2H3. The molecule has 0 aromatic heterocycles. The molecule has 0 radical (unpaired) electrons. The van der Waals surface area contributed by atoms with Crippen molar-refractivity contribution in [3.63, 3.8) is 0 Å². The summed E-state index contributed by atoms with van der Waals surface area (Å²) in [5.41, 5.74) is 5.32. The maximum absolute atomic E-state index is 5.32. The van der Waals surface area contributed by atoms with Crippen molar-refractivity contribution < 1.29 is 4.43 Å². The first-order valence-electron chi connectivity index (χ1n) is 4.24. The van der Waals surface area contributed by atoms with E-state index in [0.717, 1.165) is 19.6 Å². The van der Waals surface area contributed by atoms with Crippen LogP contribution >= 0.6 is 0 Å². The molecule has 4 heteroatoms. The van der Waals surface area contributed by atoms with Crippen molar-refractivity contribution in [2.24, 2.45) is 5.73 Å². The van der Waals surface area contributed by atoms with E-state index in [0.29, 0.717) is 0 Å². The predicted octanol–water partition coefficient (Wildman–Crippen LogP) is -0.0752. The Kier molecular flexibility index (Phi) is 8.27. The zero-order valence-corrected chi connectivity index (χ0v) is 8.75. The van der Waals surface area contributed by atoms with Gasteiger partial charge in [0.1, 0.15) is 0 Å². The summed E-state index contributed by atoms with van der Waals surface area (Å²) in [5.74, 6) is 0. The van der Waals surface area contributed by atoms with Crippen LogP contribution in [-0.4, -0.2) is 35.8 Å². The highest BCUT2D eigenvalue weighted by molar-refractivity contribution is 6.50. The van der Waals surface area contributed by atoms with Crippen LogP contribution in [-0.2, 0) is 4.43 Å². The molecule has 0 rings (SSSR count). The lowest BCUT2D eigenvalue weighted by atomic mass is 10.5. The van der Waals surface area contributed by atoms with Crippen LogP contribution in [0.1, 0.15) is 6.42 Å². The maximum Gasteiger partial charge on any atom is 0.173 e. The van der Waals surface area contributed by atoms with Gasteiger partial charge in [0.25, 0.3) is 0 Å². The summed E-state index contributed by atoms with van der Waals surface area (Å²) in [7, 11) is 1.01. The minimum absolute atomic E-state index is 0.733. The van der Waals surface area contributed by atoms with Gasteiger partial charge in [-0.15, -0.1) is 0 Å².